The first-order chi connectivity index (χ1) is 14.5. The molecule has 0 spiro atoms. The Kier molecular flexibility index (Phi) is 5.62. The van der Waals surface area contributed by atoms with Crippen molar-refractivity contribution in [1.82, 2.24) is 25.1 Å². The Labute approximate surface area is 178 Å². The van der Waals surface area contributed by atoms with E-state index in [1.807, 2.05) is 60.0 Å². The summed E-state index contributed by atoms with van der Waals surface area (Å²) in [5.41, 5.74) is 3.55. The average molecular weight is 423 g/mol. The van der Waals surface area contributed by atoms with Gasteiger partial charge in [-0.3, -0.25) is 9.78 Å². The van der Waals surface area contributed by atoms with E-state index in [2.05, 4.69) is 15.4 Å². The molecular formula is C21H22N6O2S. The molecule has 0 bridgehead atoms. The normalized spacial score (nSPS) is 10.9. The highest BCUT2D eigenvalue weighted by molar-refractivity contribution is 7.22. The molecule has 9 heteroatoms. The zero-order valence-corrected chi connectivity index (χ0v) is 17.8. The van der Waals surface area contributed by atoms with Crippen LogP contribution in [0.4, 0.5) is 5.13 Å². The Bertz CT molecular complexity index is 1150. The Hall–Kier alpha value is -3.46. The maximum absolute atomic E-state index is 12.3. The first-order valence-corrected chi connectivity index (χ1v) is 10.2. The van der Waals surface area contributed by atoms with E-state index in [4.69, 9.17) is 9.72 Å². The molecule has 0 unspecified atom stereocenters. The maximum atomic E-state index is 12.3. The van der Waals surface area contributed by atoms with Gasteiger partial charge in [-0.15, -0.1) is 0 Å². The highest BCUT2D eigenvalue weighted by atomic mass is 32.1. The molecule has 0 aliphatic carbocycles. The van der Waals surface area contributed by atoms with Gasteiger partial charge in [0.2, 0.25) is 5.91 Å². The van der Waals surface area contributed by atoms with Gasteiger partial charge in [0.05, 0.1) is 29.7 Å². The highest BCUT2D eigenvalue weighted by Gasteiger charge is 2.18. The summed E-state index contributed by atoms with van der Waals surface area (Å²) in [5.74, 6) is 0.712. The number of ether oxygens (including phenoxy) is 1. The summed E-state index contributed by atoms with van der Waals surface area (Å²) >= 11 is 1.53. The number of nitrogens with zero attached hydrogens (tertiary/aromatic N) is 5. The number of carbonyl (C=O) groups excluding carboxylic acids is 1. The second-order valence-electron chi connectivity index (χ2n) is 6.84. The van der Waals surface area contributed by atoms with Gasteiger partial charge in [-0.05, 0) is 42.8 Å². The Morgan fingerprint density at radius 2 is 2.07 bits per heavy atom. The number of nitrogens with one attached hydrogen (secondary N) is 1. The van der Waals surface area contributed by atoms with E-state index in [0.717, 1.165) is 38.2 Å². The van der Waals surface area contributed by atoms with Crippen molar-refractivity contribution < 1.29 is 9.53 Å². The fourth-order valence-electron chi connectivity index (χ4n) is 3.03. The van der Waals surface area contributed by atoms with E-state index in [9.17, 15) is 4.79 Å². The number of fused-ring (bicyclic) bond motifs is 1. The van der Waals surface area contributed by atoms with Gasteiger partial charge in [0.15, 0.2) is 10.8 Å². The van der Waals surface area contributed by atoms with Crippen LogP contribution in [0, 0.1) is 6.92 Å². The van der Waals surface area contributed by atoms with E-state index in [-0.39, 0.29) is 12.5 Å². The number of amides is 1. The molecule has 0 saturated carbocycles. The maximum Gasteiger partial charge on any atom is 0.239 e. The monoisotopic (exact) mass is 422 g/mol. The van der Waals surface area contributed by atoms with Gasteiger partial charge in [0.1, 0.15) is 5.75 Å². The molecular weight excluding hydrogens is 400 g/mol. The minimum Gasteiger partial charge on any atom is -0.497 e. The van der Waals surface area contributed by atoms with Crippen molar-refractivity contribution in [2.75, 3.05) is 25.6 Å². The van der Waals surface area contributed by atoms with E-state index < -0.39 is 0 Å². The molecule has 0 atom stereocenters. The van der Waals surface area contributed by atoms with Crippen LogP contribution in [0.25, 0.3) is 16.0 Å². The molecule has 0 saturated heterocycles. The number of aryl methyl sites for hydroxylation is 1. The molecule has 4 aromatic rings. The molecule has 3 heterocycles. The number of carbonyl (C=O) groups is 1. The topological polar surface area (TPSA) is 85.2 Å². The number of methoxy groups -OCH3 is 1. The van der Waals surface area contributed by atoms with Crippen LogP contribution in [0.2, 0.25) is 0 Å². The highest BCUT2D eigenvalue weighted by Crippen LogP contribution is 2.32. The van der Waals surface area contributed by atoms with Crippen LogP contribution in [0.15, 0.2) is 48.8 Å². The summed E-state index contributed by atoms with van der Waals surface area (Å²) in [6.07, 6.45) is 3.45. The number of pyridine rings is 1. The summed E-state index contributed by atoms with van der Waals surface area (Å²) < 4.78 is 8.05. The van der Waals surface area contributed by atoms with E-state index in [1.54, 1.807) is 19.5 Å². The number of rotatable bonds is 7. The molecule has 8 nitrogen and oxygen atoms in total. The van der Waals surface area contributed by atoms with Gasteiger partial charge in [-0.25, -0.2) is 4.68 Å². The summed E-state index contributed by atoms with van der Waals surface area (Å²) in [7, 11) is 3.50. The number of likely N-dealkylation sites (N-methyl/N-ethyl adjacent to an activating group) is 1. The van der Waals surface area contributed by atoms with Crippen molar-refractivity contribution in [2.24, 2.45) is 0 Å². The second kappa shape index (κ2) is 8.50. The van der Waals surface area contributed by atoms with Crippen LogP contribution in [0.1, 0.15) is 11.3 Å². The van der Waals surface area contributed by atoms with E-state index in [1.165, 1.54) is 11.3 Å². The molecule has 0 fully saturated rings. The molecule has 30 heavy (non-hydrogen) atoms. The second-order valence-corrected chi connectivity index (χ2v) is 7.82. The lowest BCUT2D eigenvalue weighted by molar-refractivity contribution is -0.119. The van der Waals surface area contributed by atoms with Gasteiger partial charge in [0.25, 0.3) is 0 Å². The lowest BCUT2D eigenvalue weighted by Gasteiger charge is -2.15. The number of hydrogen-bond acceptors (Lipinski definition) is 7. The van der Waals surface area contributed by atoms with Crippen molar-refractivity contribution in [3.05, 3.63) is 60.0 Å². The third-order valence-corrected chi connectivity index (χ3v) is 5.88. The van der Waals surface area contributed by atoms with Crippen LogP contribution in [0.3, 0.4) is 0 Å². The summed E-state index contributed by atoms with van der Waals surface area (Å²) in [6.45, 7) is 2.63. The first kappa shape index (κ1) is 19.8. The number of aromatic nitrogens is 4. The largest absolute Gasteiger partial charge is 0.497 e. The van der Waals surface area contributed by atoms with Gasteiger partial charge in [-0.1, -0.05) is 17.4 Å². The van der Waals surface area contributed by atoms with Crippen molar-refractivity contribution in [1.29, 1.82) is 0 Å². The summed E-state index contributed by atoms with van der Waals surface area (Å²) in [5, 5.41) is 8.30. The van der Waals surface area contributed by atoms with E-state index in [0.29, 0.717) is 6.54 Å². The molecule has 154 valence electrons. The lowest BCUT2D eigenvalue weighted by Crippen LogP contribution is -2.34. The number of hydrogen-bond donors (Lipinski definition) is 1. The van der Waals surface area contributed by atoms with Crippen LogP contribution in [-0.2, 0) is 11.3 Å². The molecule has 0 aliphatic heterocycles. The molecule has 3 aromatic heterocycles. The van der Waals surface area contributed by atoms with Crippen LogP contribution >= 0.6 is 11.3 Å². The number of benzene rings is 1. The SMILES string of the molecule is COc1ccc(-n2nc(C)c3sc(N(C)CC(=O)NCc4cccnc4)nc32)cc1. The Morgan fingerprint density at radius 3 is 2.77 bits per heavy atom. The fraction of sp³-hybridized carbons (Fsp3) is 0.238. The summed E-state index contributed by atoms with van der Waals surface area (Å²) in [6, 6.07) is 11.5. The fourth-order valence-corrected chi connectivity index (χ4v) is 3.98. The first-order valence-electron chi connectivity index (χ1n) is 9.42. The standard InChI is InChI=1S/C21H22N6O2S/c1-14-19-20(27(25-14)16-6-8-17(29-3)9-7-16)24-21(30-19)26(2)13-18(28)23-12-15-5-4-10-22-11-15/h4-11H,12-13H2,1-3H3,(H,23,28). The third-order valence-electron chi connectivity index (χ3n) is 4.61. The predicted molar refractivity (Wildman–Crippen MR) is 117 cm³/mol. The van der Waals surface area contributed by atoms with Crippen molar-refractivity contribution in [3.8, 4) is 11.4 Å². The van der Waals surface area contributed by atoms with Crippen LogP contribution < -0.4 is 15.0 Å². The van der Waals surface area contributed by atoms with Gasteiger partial charge >= 0.3 is 0 Å². The molecule has 1 amide bonds. The number of anilines is 1. The Balaban J connectivity index is 1.49. The van der Waals surface area contributed by atoms with Crippen LogP contribution in [-0.4, -0.2) is 46.4 Å². The summed E-state index contributed by atoms with van der Waals surface area (Å²) in [4.78, 5) is 23.0. The zero-order valence-electron chi connectivity index (χ0n) is 17.0. The van der Waals surface area contributed by atoms with Crippen LogP contribution in [0.5, 0.6) is 5.75 Å². The molecule has 0 aliphatic rings. The van der Waals surface area contributed by atoms with Gasteiger partial charge in [-0.2, -0.15) is 10.1 Å². The Morgan fingerprint density at radius 1 is 1.27 bits per heavy atom. The van der Waals surface area contributed by atoms with Crippen molar-refractivity contribution >= 4 is 32.7 Å². The van der Waals surface area contributed by atoms with E-state index >= 15 is 0 Å². The predicted octanol–water partition coefficient (Wildman–Crippen LogP) is 2.95. The number of thiazole rings is 1. The smallest absolute Gasteiger partial charge is 0.239 e. The van der Waals surface area contributed by atoms with Crippen molar-refractivity contribution in [3.63, 3.8) is 0 Å². The van der Waals surface area contributed by atoms with Crippen molar-refractivity contribution in [2.45, 2.75) is 13.5 Å². The van der Waals surface area contributed by atoms with Gasteiger partial charge in [0, 0.05) is 26.0 Å². The van der Waals surface area contributed by atoms with Gasteiger partial charge < -0.3 is 15.0 Å². The minimum absolute atomic E-state index is 0.0749. The molecule has 1 aromatic carbocycles. The minimum atomic E-state index is -0.0749. The zero-order chi connectivity index (χ0) is 21.1. The average Bonchev–Trinajstić information content (AvgIpc) is 3.34. The lowest BCUT2D eigenvalue weighted by atomic mass is 10.3. The quantitative estimate of drug-likeness (QED) is 0.493. The molecule has 4 rings (SSSR count). The third kappa shape index (κ3) is 4.11. The molecule has 1 N–H and O–H groups in total. The molecule has 0 radical (unpaired) electrons.